The van der Waals surface area contributed by atoms with Crippen LogP contribution in [0.1, 0.15) is 44.9 Å². The number of rotatable bonds is 4. The molecule has 1 aliphatic heterocycles. The molecule has 2 fully saturated rings. The van der Waals surface area contributed by atoms with Crippen molar-refractivity contribution in [2.24, 2.45) is 0 Å². The van der Waals surface area contributed by atoms with Crippen LogP contribution >= 0.6 is 0 Å². The molecule has 2 aliphatic rings. The molecular weight excluding hydrogens is 270 g/mol. The molecule has 0 aromatic rings. The van der Waals surface area contributed by atoms with Gasteiger partial charge in [-0.1, -0.05) is 12.8 Å². The first-order valence-corrected chi connectivity index (χ1v) is 7.87. The number of nitrogens with zero attached hydrogens (tertiary/aromatic N) is 2. The molecule has 120 valence electrons. The van der Waals surface area contributed by atoms with Crippen LogP contribution in [0.3, 0.4) is 0 Å². The average Bonchev–Trinajstić information content (AvgIpc) is 2.86. The van der Waals surface area contributed by atoms with E-state index in [1.807, 2.05) is 4.90 Å². The van der Waals surface area contributed by atoms with Gasteiger partial charge in [0.25, 0.3) is 0 Å². The fourth-order valence-corrected chi connectivity index (χ4v) is 3.58. The molecule has 0 bridgehead atoms. The van der Waals surface area contributed by atoms with E-state index >= 15 is 0 Å². The molecule has 1 aliphatic carbocycles. The van der Waals surface area contributed by atoms with Gasteiger partial charge in [-0.2, -0.15) is 0 Å². The summed E-state index contributed by atoms with van der Waals surface area (Å²) in [5.41, 5.74) is -0.526. The summed E-state index contributed by atoms with van der Waals surface area (Å²) in [6.45, 7) is 1.50. The highest BCUT2D eigenvalue weighted by Crippen LogP contribution is 2.33. The lowest BCUT2D eigenvalue weighted by Gasteiger charge is -2.38. The summed E-state index contributed by atoms with van der Waals surface area (Å²) in [5.74, 6) is -0.830. The molecule has 6 heteroatoms. The van der Waals surface area contributed by atoms with Crippen molar-refractivity contribution in [3.05, 3.63) is 0 Å². The number of carbonyl (C=O) groups excluding carboxylic acids is 1. The normalized spacial score (nSPS) is 22.5. The quantitative estimate of drug-likeness (QED) is 0.825. The molecule has 2 rings (SSSR count). The minimum absolute atomic E-state index is 0.0346. The lowest BCUT2D eigenvalue weighted by molar-refractivity contribution is -0.138. The molecule has 0 unspecified atom stereocenters. The number of piperidine rings is 1. The Morgan fingerprint density at radius 2 is 1.81 bits per heavy atom. The molecule has 0 spiro atoms. The Morgan fingerprint density at radius 3 is 2.29 bits per heavy atom. The Morgan fingerprint density at radius 1 is 1.24 bits per heavy atom. The monoisotopic (exact) mass is 297 g/mol. The smallest absolute Gasteiger partial charge is 0.317 e. The van der Waals surface area contributed by atoms with Gasteiger partial charge in [-0.3, -0.25) is 4.79 Å². The summed E-state index contributed by atoms with van der Waals surface area (Å²) in [6.07, 6.45) is 5.54. The zero-order valence-electron chi connectivity index (χ0n) is 13.1. The van der Waals surface area contributed by atoms with E-state index in [0.717, 1.165) is 51.6 Å². The van der Waals surface area contributed by atoms with Gasteiger partial charge >= 0.3 is 12.0 Å². The Hall–Kier alpha value is -1.30. The predicted molar refractivity (Wildman–Crippen MR) is 80.3 cm³/mol. The molecular formula is C15H27N3O3. The Balaban J connectivity index is 1.90. The first-order chi connectivity index (χ1) is 9.92. The van der Waals surface area contributed by atoms with Crippen molar-refractivity contribution in [3.63, 3.8) is 0 Å². The van der Waals surface area contributed by atoms with Gasteiger partial charge in [-0.15, -0.1) is 0 Å². The lowest BCUT2D eigenvalue weighted by Crippen LogP contribution is -2.55. The highest BCUT2D eigenvalue weighted by molar-refractivity contribution is 5.77. The van der Waals surface area contributed by atoms with Crippen LogP contribution in [0.4, 0.5) is 4.79 Å². The molecule has 1 saturated heterocycles. The Kier molecular flexibility index (Phi) is 5.08. The molecule has 0 aromatic heterocycles. The van der Waals surface area contributed by atoms with E-state index in [1.165, 1.54) is 0 Å². The van der Waals surface area contributed by atoms with E-state index in [9.17, 15) is 9.59 Å². The number of carbonyl (C=O) groups is 2. The van der Waals surface area contributed by atoms with Gasteiger partial charge in [-0.05, 0) is 39.8 Å². The number of nitrogens with one attached hydrogen (secondary N) is 1. The molecule has 6 nitrogen and oxygen atoms in total. The zero-order valence-corrected chi connectivity index (χ0v) is 13.1. The van der Waals surface area contributed by atoms with E-state index in [-0.39, 0.29) is 12.5 Å². The number of urea groups is 1. The summed E-state index contributed by atoms with van der Waals surface area (Å²) in [5, 5.41) is 12.1. The summed E-state index contributed by atoms with van der Waals surface area (Å²) in [7, 11) is 4.14. The standard InChI is InChI=1S/C15H27N3O3/c1-17(2)12-5-9-18(10-6-12)14(21)16-15(11-13(19)20)7-3-4-8-15/h12H,3-11H2,1-2H3,(H,16,21)(H,19,20). The van der Waals surface area contributed by atoms with Crippen molar-refractivity contribution in [1.29, 1.82) is 0 Å². The number of carboxylic acid groups (broad SMARTS) is 1. The summed E-state index contributed by atoms with van der Waals surface area (Å²) in [6, 6.07) is 0.448. The fourth-order valence-electron chi connectivity index (χ4n) is 3.58. The van der Waals surface area contributed by atoms with E-state index in [2.05, 4.69) is 24.3 Å². The van der Waals surface area contributed by atoms with Crippen molar-refractivity contribution < 1.29 is 14.7 Å². The molecule has 0 radical (unpaired) electrons. The second-order valence-corrected chi connectivity index (χ2v) is 6.67. The maximum Gasteiger partial charge on any atom is 0.317 e. The Bertz CT molecular complexity index is 384. The van der Waals surface area contributed by atoms with Gasteiger partial charge in [0.15, 0.2) is 0 Å². The van der Waals surface area contributed by atoms with Crippen molar-refractivity contribution in [2.45, 2.75) is 56.5 Å². The zero-order chi connectivity index (χ0) is 15.5. The molecule has 0 atom stereocenters. The van der Waals surface area contributed by atoms with Crippen molar-refractivity contribution in [3.8, 4) is 0 Å². The van der Waals surface area contributed by atoms with Gasteiger partial charge < -0.3 is 20.2 Å². The highest BCUT2D eigenvalue weighted by atomic mass is 16.4. The SMILES string of the molecule is CN(C)C1CCN(C(=O)NC2(CC(=O)O)CCCC2)CC1. The van der Waals surface area contributed by atoms with Gasteiger partial charge in [0, 0.05) is 19.1 Å². The van der Waals surface area contributed by atoms with E-state index in [4.69, 9.17) is 5.11 Å². The minimum atomic E-state index is -0.830. The molecule has 21 heavy (non-hydrogen) atoms. The van der Waals surface area contributed by atoms with E-state index < -0.39 is 11.5 Å². The van der Waals surface area contributed by atoms with Crippen LogP contribution in [0.15, 0.2) is 0 Å². The molecule has 2 N–H and O–H groups in total. The number of aliphatic carboxylic acids is 1. The van der Waals surface area contributed by atoms with Gasteiger partial charge in [0.2, 0.25) is 0 Å². The number of likely N-dealkylation sites (tertiary alicyclic amines) is 1. The van der Waals surface area contributed by atoms with Gasteiger partial charge in [0.1, 0.15) is 0 Å². The second kappa shape index (κ2) is 6.64. The topological polar surface area (TPSA) is 72.9 Å². The molecule has 0 aromatic carbocycles. The number of hydrogen-bond acceptors (Lipinski definition) is 3. The fraction of sp³-hybridized carbons (Fsp3) is 0.867. The number of carboxylic acids is 1. The molecule has 1 heterocycles. The lowest BCUT2D eigenvalue weighted by atomic mass is 9.93. The van der Waals surface area contributed by atoms with Crippen LogP contribution < -0.4 is 5.32 Å². The largest absolute Gasteiger partial charge is 0.481 e. The third-order valence-electron chi connectivity index (χ3n) is 4.90. The Labute approximate surface area is 126 Å². The summed E-state index contributed by atoms with van der Waals surface area (Å²) in [4.78, 5) is 27.5. The average molecular weight is 297 g/mol. The maximum atomic E-state index is 12.4. The second-order valence-electron chi connectivity index (χ2n) is 6.67. The summed E-state index contributed by atoms with van der Waals surface area (Å²) >= 11 is 0. The van der Waals surface area contributed by atoms with Gasteiger partial charge in [-0.25, -0.2) is 4.79 Å². The van der Waals surface area contributed by atoms with Gasteiger partial charge in [0.05, 0.1) is 12.0 Å². The van der Waals surface area contributed by atoms with E-state index in [0.29, 0.717) is 6.04 Å². The first kappa shape index (κ1) is 16.1. The molecule has 1 saturated carbocycles. The van der Waals surface area contributed by atoms with Crippen molar-refractivity contribution in [2.75, 3.05) is 27.2 Å². The first-order valence-electron chi connectivity index (χ1n) is 7.87. The predicted octanol–water partition coefficient (Wildman–Crippen LogP) is 1.51. The van der Waals surface area contributed by atoms with Crippen molar-refractivity contribution >= 4 is 12.0 Å². The summed E-state index contributed by atoms with van der Waals surface area (Å²) < 4.78 is 0. The molecule has 2 amide bonds. The van der Waals surface area contributed by atoms with Crippen molar-refractivity contribution in [1.82, 2.24) is 15.1 Å². The third kappa shape index (κ3) is 4.09. The van der Waals surface area contributed by atoms with Crippen LogP contribution in [-0.2, 0) is 4.79 Å². The van der Waals surface area contributed by atoms with Crippen LogP contribution in [0.2, 0.25) is 0 Å². The van der Waals surface area contributed by atoms with E-state index in [1.54, 1.807) is 0 Å². The van der Waals surface area contributed by atoms with Crippen LogP contribution in [0.5, 0.6) is 0 Å². The third-order valence-corrected chi connectivity index (χ3v) is 4.90. The van der Waals surface area contributed by atoms with Crippen LogP contribution in [0, 0.1) is 0 Å². The van der Waals surface area contributed by atoms with Crippen LogP contribution in [0.25, 0.3) is 0 Å². The minimum Gasteiger partial charge on any atom is -0.481 e. The van der Waals surface area contributed by atoms with Crippen LogP contribution in [-0.4, -0.2) is 65.7 Å². The highest BCUT2D eigenvalue weighted by Gasteiger charge is 2.38. The number of hydrogen-bond donors (Lipinski definition) is 2. The number of amides is 2. The maximum absolute atomic E-state index is 12.4.